The van der Waals surface area contributed by atoms with Gasteiger partial charge in [0, 0.05) is 44.0 Å². The van der Waals surface area contributed by atoms with Gasteiger partial charge in [0.2, 0.25) is 5.89 Å². The zero-order valence-electron chi connectivity index (χ0n) is 15.2. The van der Waals surface area contributed by atoms with Gasteiger partial charge >= 0.3 is 0 Å². The highest BCUT2D eigenvalue weighted by Gasteiger charge is 2.26. The summed E-state index contributed by atoms with van der Waals surface area (Å²) in [4.78, 5) is 18.1. The summed E-state index contributed by atoms with van der Waals surface area (Å²) in [6.45, 7) is 13.0. The summed E-state index contributed by atoms with van der Waals surface area (Å²) in [6.07, 6.45) is 3.61. The number of halogens is 1. The first-order valence-corrected chi connectivity index (χ1v) is 9.39. The highest BCUT2D eigenvalue weighted by molar-refractivity contribution is 9.10. The third kappa shape index (κ3) is 4.62. The summed E-state index contributed by atoms with van der Waals surface area (Å²) in [7, 11) is 0. The minimum Gasteiger partial charge on any atom is -0.339 e. The Kier molecular flexibility index (Phi) is 5.50. The molecule has 1 fully saturated rings. The Balaban J connectivity index is 1.53. The average molecular weight is 409 g/mol. The van der Waals surface area contributed by atoms with Crippen LogP contribution in [0.15, 0.2) is 21.4 Å². The van der Waals surface area contributed by atoms with Crippen molar-refractivity contribution < 1.29 is 4.52 Å². The van der Waals surface area contributed by atoms with Crippen molar-refractivity contribution in [1.82, 2.24) is 29.9 Å². The van der Waals surface area contributed by atoms with Crippen molar-refractivity contribution in [3.05, 3.63) is 34.4 Å². The highest BCUT2D eigenvalue weighted by Crippen LogP contribution is 2.22. The van der Waals surface area contributed by atoms with E-state index < -0.39 is 0 Å². The van der Waals surface area contributed by atoms with Crippen LogP contribution in [0.3, 0.4) is 0 Å². The molecule has 1 aliphatic heterocycles. The van der Waals surface area contributed by atoms with Crippen LogP contribution < -0.4 is 0 Å². The largest absolute Gasteiger partial charge is 0.339 e. The van der Waals surface area contributed by atoms with Crippen LogP contribution in [0.2, 0.25) is 0 Å². The second-order valence-electron chi connectivity index (χ2n) is 7.51. The SMILES string of the molecule is C[C@@H](c1ncc(Br)cn1)N1CCN(Cc2noc(C(C)(C)C)n2)CC1. The molecular weight excluding hydrogens is 384 g/mol. The van der Waals surface area contributed by atoms with E-state index in [2.05, 4.69) is 73.5 Å². The van der Waals surface area contributed by atoms with E-state index in [-0.39, 0.29) is 11.5 Å². The van der Waals surface area contributed by atoms with Gasteiger partial charge in [-0.05, 0) is 22.9 Å². The van der Waals surface area contributed by atoms with Crippen LogP contribution in [-0.2, 0) is 12.0 Å². The zero-order valence-corrected chi connectivity index (χ0v) is 16.8. The standard InChI is InChI=1S/C17H25BrN6O/c1-12(15-19-9-13(18)10-20-15)24-7-5-23(6-8-24)11-14-21-16(25-22-14)17(2,3)4/h9-10,12H,5-8,11H2,1-4H3/t12-/m0/s1. The van der Waals surface area contributed by atoms with Crippen LogP contribution in [0.25, 0.3) is 0 Å². The quantitative estimate of drug-likeness (QED) is 0.769. The summed E-state index contributed by atoms with van der Waals surface area (Å²) in [5.41, 5.74) is -0.107. The van der Waals surface area contributed by atoms with Gasteiger partial charge < -0.3 is 4.52 Å². The Bertz CT molecular complexity index is 688. The Morgan fingerprint density at radius 2 is 1.80 bits per heavy atom. The molecule has 1 saturated heterocycles. The number of aromatic nitrogens is 4. The number of nitrogens with zero attached hydrogens (tertiary/aromatic N) is 6. The Morgan fingerprint density at radius 1 is 1.16 bits per heavy atom. The lowest BCUT2D eigenvalue weighted by molar-refractivity contribution is 0.0926. The molecule has 25 heavy (non-hydrogen) atoms. The molecule has 136 valence electrons. The van der Waals surface area contributed by atoms with Gasteiger partial charge in [-0.3, -0.25) is 9.80 Å². The molecule has 0 unspecified atom stereocenters. The van der Waals surface area contributed by atoms with Crippen molar-refractivity contribution in [1.29, 1.82) is 0 Å². The fourth-order valence-electron chi connectivity index (χ4n) is 2.83. The van der Waals surface area contributed by atoms with Crippen molar-refractivity contribution in [2.75, 3.05) is 26.2 Å². The van der Waals surface area contributed by atoms with Crippen molar-refractivity contribution >= 4 is 15.9 Å². The van der Waals surface area contributed by atoms with Crippen LogP contribution in [0.4, 0.5) is 0 Å². The first kappa shape index (κ1) is 18.4. The molecule has 2 aromatic heterocycles. The molecule has 0 saturated carbocycles. The third-order valence-electron chi connectivity index (χ3n) is 4.44. The van der Waals surface area contributed by atoms with Crippen LogP contribution >= 0.6 is 15.9 Å². The van der Waals surface area contributed by atoms with Crippen molar-refractivity contribution in [3.63, 3.8) is 0 Å². The van der Waals surface area contributed by atoms with Crippen molar-refractivity contribution in [3.8, 4) is 0 Å². The summed E-state index contributed by atoms with van der Waals surface area (Å²) in [6, 6.07) is 0.216. The van der Waals surface area contributed by atoms with Crippen molar-refractivity contribution in [2.24, 2.45) is 0 Å². The van der Waals surface area contributed by atoms with E-state index in [1.165, 1.54) is 0 Å². The fraction of sp³-hybridized carbons (Fsp3) is 0.647. The number of hydrogen-bond acceptors (Lipinski definition) is 7. The van der Waals surface area contributed by atoms with Gasteiger partial charge in [-0.15, -0.1) is 0 Å². The second kappa shape index (κ2) is 7.47. The Morgan fingerprint density at radius 3 is 2.36 bits per heavy atom. The molecule has 0 N–H and O–H groups in total. The summed E-state index contributed by atoms with van der Waals surface area (Å²) in [5, 5.41) is 4.12. The zero-order chi connectivity index (χ0) is 18.0. The van der Waals surface area contributed by atoms with E-state index in [1.54, 1.807) is 12.4 Å². The van der Waals surface area contributed by atoms with Gasteiger partial charge in [0.1, 0.15) is 5.82 Å². The minimum absolute atomic E-state index is 0.107. The normalized spacial score (nSPS) is 18.4. The van der Waals surface area contributed by atoms with E-state index in [1.807, 2.05) is 0 Å². The molecule has 2 aromatic rings. The van der Waals surface area contributed by atoms with Gasteiger partial charge in [-0.2, -0.15) is 4.98 Å². The molecule has 3 rings (SSSR count). The maximum atomic E-state index is 5.38. The maximum absolute atomic E-state index is 5.38. The molecule has 7 nitrogen and oxygen atoms in total. The van der Waals surface area contributed by atoms with Crippen LogP contribution in [-0.4, -0.2) is 56.1 Å². The number of piperazine rings is 1. The first-order valence-electron chi connectivity index (χ1n) is 8.60. The predicted octanol–water partition coefficient (Wildman–Crippen LogP) is 2.80. The molecular formula is C17H25BrN6O. The third-order valence-corrected chi connectivity index (χ3v) is 4.85. The Labute approximate surface area is 157 Å². The van der Waals surface area contributed by atoms with Gasteiger partial charge in [0.15, 0.2) is 5.82 Å². The summed E-state index contributed by atoms with van der Waals surface area (Å²) in [5.74, 6) is 2.33. The number of hydrogen-bond donors (Lipinski definition) is 0. The van der Waals surface area contributed by atoms with E-state index in [9.17, 15) is 0 Å². The lowest BCUT2D eigenvalue weighted by Crippen LogP contribution is -2.47. The molecule has 0 amide bonds. The van der Waals surface area contributed by atoms with Crippen LogP contribution in [0.5, 0.6) is 0 Å². The first-order chi connectivity index (χ1) is 11.8. The summed E-state index contributed by atoms with van der Waals surface area (Å²) >= 11 is 3.38. The smallest absolute Gasteiger partial charge is 0.232 e. The van der Waals surface area contributed by atoms with Crippen molar-refractivity contribution in [2.45, 2.75) is 45.7 Å². The fourth-order valence-corrected chi connectivity index (χ4v) is 3.04. The molecule has 0 aromatic carbocycles. The highest BCUT2D eigenvalue weighted by atomic mass is 79.9. The van der Waals surface area contributed by atoms with Gasteiger partial charge in [0.05, 0.1) is 17.1 Å². The second-order valence-corrected chi connectivity index (χ2v) is 8.43. The lowest BCUT2D eigenvalue weighted by Gasteiger charge is -2.36. The van der Waals surface area contributed by atoms with Gasteiger partial charge in [-0.25, -0.2) is 9.97 Å². The topological polar surface area (TPSA) is 71.2 Å². The Hall–Kier alpha value is -1.38. The summed E-state index contributed by atoms with van der Waals surface area (Å²) < 4.78 is 6.28. The minimum atomic E-state index is -0.107. The van der Waals surface area contributed by atoms with E-state index >= 15 is 0 Å². The molecule has 0 spiro atoms. The average Bonchev–Trinajstić information content (AvgIpc) is 3.04. The molecule has 3 heterocycles. The van der Waals surface area contributed by atoms with E-state index in [0.717, 1.165) is 48.8 Å². The molecule has 8 heteroatoms. The monoisotopic (exact) mass is 408 g/mol. The lowest BCUT2D eigenvalue weighted by atomic mass is 9.97. The molecule has 1 atom stereocenters. The van der Waals surface area contributed by atoms with E-state index in [0.29, 0.717) is 5.89 Å². The molecule has 0 bridgehead atoms. The molecule has 0 radical (unpaired) electrons. The predicted molar refractivity (Wildman–Crippen MR) is 98.0 cm³/mol. The number of rotatable bonds is 4. The van der Waals surface area contributed by atoms with Gasteiger partial charge in [0.25, 0.3) is 0 Å². The van der Waals surface area contributed by atoms with Gasteiger partial charge in [-0.1, -0.05) is 25.9 Å². The maximum Gasteiger partial charge on any atom is 0.232 e. The van der Waals surface area contributed by atoms with E-state index in [4.69, 9.17) is 4.52 Å². The molecule has 1 aliphatic rings. The van der Waals surface area contributed by atoms with Crippen LogP contribution in [0.1, 0.15) is 51.3 Å². The molecule has 0 aliphatic carbocycles. The van der Waals surface area contributed by atoms with Crippen LogP contribution in [0, 0.1) is 0 Å².